The van der Waals surface area contributed by atoms with Gasteiger partial charge in [0.25, 0.3) is 7.82 Å². The van der Waals surface area contributed by atoms with Crippen molar-refractivity contribution in [3.63, 3.8) is 0 Å². The summed E-state index contributed by atoms with van der Waals surface area (Å²) in [4.78, 5) is 31.2. The minimum Gasteiger partial charge on any atom is -0.756 e. The van der Waals surface area contributed by atoms with E-state index in [0.717, 1.165) is 0 Å². The summed E-state index contributed by atoms with van der Waals surface area (Å²) in [6, 6.07) is 0. The number of hydrogen-bond donors (Lipinski definition) is 2. The van der Waals surface area contributed by atoms with Crippen molar-refractivity contribution in [1.29, 1.82) is 0 Å². The zero-order chi connectivity index (χ0) is 8.08. The average Bonchev–Trinajstić information content (AvgIpc) is 1.19. The van der Waals surface area contributed by atoms with Gasteiger partial charge in [-0.2, -0.15) is 0 Å². The van der Waals surface area contributed by atoms with Gasteiger partial charge < -0.3 is 30.0 Å². The third kappa shape index (κ3) is 1330. The van der Waals surface area contributed by atoms with Crippen LogP contribution in [0.5, 0.6) is 0 Å². The molecule has 0 heterocycles. The molecule has 11 heteroatoms. The summed E-state index contributed by atoms with van der Waals surface area (Å²) in [6.07, 6.45) is 0. The maximum atomic E-state index is 8.77. The van der Waals surface area contributed by atoms with Crippen LogP contribution in [-0.4, -0.2) is 14.9 Å². The first-order valence-electron chi connectivity index (χ1n) is 1.31. The molecule has 8 nitrogen and oxygen atoms in total. The second kappa shape index (κ2) is 10.8. The molecular formula is H2Ag2NO7P. The Morgan fingerprint density at radius 1 is 1.18 bits per heavy atom. The summed E-state index contributed by atoms with van der Waals surface area (Å²) in [5.74, 6) is 0. The molecule has 0 amide bonds. The van der Waals surface area contributed by atoms with Crippen molar-refractivity contribution in [3.8, 4) is 0 Å². The second-order valence-electron chi connectivity index (χ2n) is 0.714. The largest absolute Gasteiger partial charge is 1.00 e. The SMILES string of the molecule is O=P([O-])(O)O.O=[N+]([O-])[O-].[Ag+].[Ag+]. The van der Waals surface area contributed by atoms with E-state index in [9.17, 15) is 0 Å². The quantitative estimate of drug-likeness (QED) is 0.220. The van der Waals surface area contributed by atoms with E-state index >= 15 is 0 Å². The van der Waals surface area contributed by atoms with Crippen molar-refractivity contribution in [2.24, 2.45) is 0 Å². The van der Waals surface area contributed by atoms with E-state index < -0.39 is 12.9 Å². The molecule has 0 unspecified atom stereocenters. The Bertz CT molecular complexity index is 116. The molecule has 0 aromatic rings. The minimum absolute atomic E-state index is 0. The molecule has 0 saturated carbocycles. The smallest absolute Gasteiger partial charge is 0.756 e. The molecule has 0 aromatic heterocycles. The number of rotatable bonds is 0. The van der Waals surface area contributed by atoms with Crippen molar-refractivity contribution in [2.45, 2.75) is 0 Å². The van der Waals surface area contributed by atoms with Gasteiger partial charge in [-0.05, 0) is 0 Å². The fourth-order valence-corrected chi connectivity index (χ4v) is 0. The van der Waals surface area contributed by atoms with E-state index in [1.165, 1.54) is 0 Å². The summed E-state index contributed by atoms with van der Waals surface area (Å²) in [5.41, 5.74) is 0. The van der Waals surface area contributed by atoms with Crippen LogP contribution in [0.25, 0.3) is 0 Å². The van der Waals surface area contributed by atoms with Crippen LogP contribution in [0.15, 0.2) is 0 Å². The van der Waals surface area contributed by atoms with Crippen molar-refractivity contribution >= 4 is 7.82 Å². The molecule has 0 aliphatic carbocycles. The summed E-state index contributed by atoms with van der Waals surface area (Å²) in [5, 5.41) is 14.8. The van der Waals surface area contributed by atoms with Gasteiger partial charge in [0, 0.05) is 0 Å². The summed E-state index contributed by atoms with van der Waals surface area (Å²) in [6.45, 7) is 0. The van der Waals surface area contributed by atoms with Crippen molar-refractivity contribution in [3.05, 3.63) is 15.3 Å². The van der Waals surface area contributed by atoms with Crippen LogP contribution >= 0.6 is 7.82 Å². The van der Waals surface area contributed by atoms with Gasteiger partial charge in [-0.25, -0.2) is 0 Å². The summed E-state index contributed by atoms with van der Waals surface area (Å²) in [7, 11) is -4.89. The number of nitrogens with zero attached hydrogens (tertiary/aromatic N) is 1. The second-order valence-corrected chi connectivity index (χ2v) is 1.70. The van der Waals surface area contributed by atoms with E-state index in [4.69, 9.17) is 34.6 Å². The van der Waals surface area contributed by atoms with E-state index in [1.807, 2.05) is 0 Å². The monoisotopic (exact) mass is 373 g/mol. The Balaban J connectivity index is -0.0000000383. The van der Waals surface area contributed by atoms with Gasteiger partial charge >= 0.3 is 44.8 Å². The van der Waals surface area contributed by atoms with Gasteiger partial charge in [0.15, 0.2) is 0 Å². The average molecular weight is 375 g/mol. The van der Waals surface area contributed by atoms with E-state index in [-0.39, 0.29) is 44.8 Å². The molecule has 0 aromatic carbocycles. The van der Waals surface area contributed by atoms with Crippen molar-refractivity contribution in [2.75, 3.05) is 0 Å². The predicted octanol–water partition coefficient (Wildman–Crippen LogP) is -1.80. The molecule has 0 fully saturated rings. The van der Waals surface area contributed by atoms with Gasteiger partial charge in [-0.3, -0.25) is 4.57 Å². The Labute approximate surface area is 92.0 Å². The molecule has 0 rings (SSSR count). The minimum atomic E-state index is -4.89. The topological polar surface area (TPSA) is 147 Å². The first-order valence-corrected chi connectivity index (χ1v) is 2.84. The Morgan fingerprint density at radius 2 is 1.18 bits per heavy atom. The van der Waals surface area contributed by atoms with Crippen LogP contribution < -0.4 is 4.89 Å². The molecule has 0 aliphatic rings. The van der Waals surface area contributed by atoms with Gasteiger partial charge in [-0.15, -0.1) is 0 Å². The van der Waals surface area contributed by atoms with Crippen LogP contribution in [0.4, 0.5) is 0 Å². The standard InChI is InChI=1S/2Ag.NO3.H3O4P/c;;2-1(3)4;1-5(2,3)4/h;;;(H3,1,2,3,4)/q2*+1;-1;/p-1. The normalized spacial score (nSPS) is 7.55. The van der Waals surface area contributed by atoms with Gasteiger partial charge in [0.05, 0.1) is 5.09 Å². The molecule has 11 heavy (non-hydrogen) atoms. The molecule has 0 saturated heterocycles. The Hall–Kier alpha value is 0.791. The van der Waals surface area contributed by atoms with Crippen LogP contribution in [-0.2, 0) is 49.3 Å². The Morgan fingerprint density at radius 3 is 1.18 bits per heavy atom. The van der Waals surface area contributed by atoms with Gasteiger partial charge in [-0.1, -0.05) is 0 Å². The fraction of sp³-hybridized carbons (Fsp3) is 0. The zero-order valence-corrected chi connectivity index (χ0v) is 8.29. The van der Waals surface area contributed by atoms with E-state index in [0.29, 0.717) is 0 Å². The van der Waals surface area contributed by atoms with E-state index in [1.54, 1.807) is 0 Å². The maximum Gasteiger partial charge on any atom is 1.00 e. The molecular weight excluding hydrogens is 373 g/mol. The molecule has 0 radical (unpaired) electrons. The molecule has 0 spiro atoms. The molecule has 0 aliphatic heterocycles. The molecule has 76 valence electrons. The Kier molecular flexibility index (Phi) is 22.2. The van der Waals surface area contributed by atoms with Gasteiger partial charge in [0.1, 0.15) is 0 Å². The van der Waals surface area contributed by atoms with Crippen molar-refractivity contribution < 1.29 is 69.1 Å². The number of hydrogen-bond acceptors (Lipinski definition) is 5. The third-order valence-electron chi connectivity index (χ3n) is 0. The van der Waals surface area contributed by atoms with E-state index in [2.05, 4.69) is 0 Å². The summed E-state index contributed by atoms with van der Waals surface area (Å²) >= 11 is 0. The zero-order valence-electron chi connectivity index (χ0n) is 4.43. The maximum absolute atomic E-state index is 8.77. The molecule has 0 bridgehead atoms. The van der Waals surface area contributed by atoms with Crippen molar-refractivity contribution in [1.82, 2.24) is 0 Å². The number of phosphoric acid groups is 1. The predicted molar refractivity (Wildman–Crippen MR) is 22.4 cm³/mol. The van der Waals surface area contributed by atoms with Crippen LogP contribution in [0, 0.1) is 15.3 Å². The first kappa shape index (κ1) is 22.6. The van der Waals surface area contributed by atoms with Crippen LogP contribution in [0.1, 0.15) is 0 Å². The first-order chi connectivity index (χ1) is 3.73. The summed E-state index contributed by atoms with van der Waals surface area (Å²) < 4.78 is 8.77. The van der Waals surface area contributed by atoms with Gasteiger partial charge in [0.2, 0.25) is 0 Å². The van der Waals surface area contributed by atoms with Crippen LogP contribution in [0.2, 0.25) is 0 Å². The van der Waals surface area contributed by atoms with Crippen LogP contribution in [0.3, 0.4) is 0 Å². The third-order valence-corrected chi connectivity index (χ3v) is 0. The fourth-order valence-electron chi connectivity index (χ4n) is 0. The molecule has 2 N–H and O–H groups in total. The molecule has 0 atom stereocenters.